The average molecular weight is 412 g/mol. The lowest BCUT2D eigenvalue weighted by molar-refractivity contribution is 0.413. The second kappa shape index (κ2) is 9.37. The number of aromatic amines is 1. The minimum absolute atomic E-state index is 0. The zero-order valence-electron chi connectivity index (χ0n) is 16.0. The van der Waals surface area contributed by atoms with Gasteiger partial charge < -0.3 is 15.4 Å². The molecule has 1 aliphatic rings. The van der Waals surface area contributed by atoms with Crippen molar-refractivity contribution in [3.63, 3.8) is 0 Å². The summed E-state index contributed by atoms with van der Waals surface area (Å²) in [6.07, 6.45) is 5.31. The zero-order chi connectivity index (χ0) is 19.3. The largest absolute Gasteiger partial charge is 0.496 e. The lowest BCUT2D eigenvalue weighted by Crippen LogP contribution is -2.28. The number of ether oxygens (including phenoxy) is 1. The second-order valence-corrected chi connectivity index (χ2v) is 6.69. The van der Waals surface area contributed by atoms with Gasteiger partial charge in [-0.05, 0) is 43.0 Å². The maximum absolute atomic E-state index is 8.79. The maximum Gasteiger partial charge on any atom is 0.158 e. The minimum Gasteiger partial charge on any atom is -0.496 e. The lowest BCUT2D eigenvalue weighted by atomic mass is 9.90. The first-order valence-electron chi connectivity index (χ1n) is 9.20. The number of nitrogens with zero attached hydrogens (tertiary/aromatic N) is 4. The smallest absolute Gasteiger partial charge is 0.158 e. The van der Waals surface area contributed by atoms with Gasteiger partial charge in [0.25, 0.3) is 0 Å². The fourth-order valence-corrected chi connectivity index (χ4v) is 3.43. The van der Waals surface area contributed by atoms with Crippen LogP contribution in [0.15, 0.2) is 36.7 Å². The molecular weight excluding hydrogens is 390 g/mol. The number of nitriles is 1. The predicted molar refractivity (Wildman–Crippen MR) is 113 cm³/mol. The van der Waals surface area contributed by atoms with E-state index < -0.39 is 0 Å². The molecule has 0 saturated carbocycles. The van der Waals surface area contributed by atoms with E-state index in [9.17, 15) is 0 Å². The van der Waals surface area contributed by atoms with Gasteiger partial charge in [-0.3, -0.25) is 5.10 Å². The number of methoxy groups -OCH3 is 1. The van der Waals surface area contributed by atoms with E-state index in [-0.39, 0.29) is 18.1 Å². The Labute approximate surface area is 175 Å². The third-order valence-electron chi connectivity index (χ3n) is 4.88. The van der Waals surface area contributed by atoms with Gasteiger partial charge in [0.2, 0.25) is 0 Å². The molecule has 1 fully saturated rings. The maximum atomic E-state index is 8.79. The highest BCUT2D eigenvalue weighted by atomic mass is 35.5. The van der Waals surface area contributed by atoms with Crippen molar-refractivity contribution in [3.05, 3.63) is 47.9 Å². The van der Waals surface area contributed by atoms with Crippen LogP contribution in [-0.2, 0) is 0 Å². The molecule has 3 aromatic rings. The first-order valence-corrected chi connectivity index (χ1v) is 9.20. The predicted octanol–water partition coefficient (Wildman–Crippen LogP) is 3.38. The third kappa shape index (κ3) is 4.65. The molecule has 0 radical (unpaired) electrons. The molecule has 29 heavy (non-hydrogen) atoms. The van der Waals surface area contributed by atoms with E-state index in [4.69, 9.17) is 10.00 Å². The second-order valence-electron chi connectivity index (χ2n) is 6.69. The Bertz CT molecular complexity index is 991. The van der Waals surface area contributed by atoms with Crippen molar-refractivity contribution in [1.29, 1.82) is 5.26 Å². The average Bonchev–Trinajstić information content (AvgIpc) is 3.22. The van der Waals surface area contributed by atoms with E-state index in [1.165, 1.54) is 30.8 Å². The van der Waals surface area contributed by atoms with Crippen molar-refractivity contribution < 1.29 is 4.74 Å². The van der Waals surface area contributed by atoms with E-state index in [0.717, 1.165) is 30.1 Å². The molecule has 1 saturated heterocycles. The summed E-state index contributed by atoms with van der Waals surface area (Å²) in [4.78, 5) is 8.13. The van der Waals surface area contributed by atoms with Crippen LogP contribution in [0.4, 0.5) is 11.6 Å². The van der Waals surface area contributed by atoms with Crippen LogP contribution in [0, 0.1) is 11.3 Å². The van der Waals surface area contributed by atoms with Gasteiger partial charge in [0, 0.05) is 18.2 Å². The topological polar surface area (TPSA) is 112 Å². The molecule has 0 aliphatic carbocycles. The number of benzene rings is 1. The van der Waals surface area contributed by atoms with Gasteiger partial charge in [0.15, 0.2) is 11.5 Å². The summed E-state index contributed by atoms with van der Waals surface area (Å²) in [5.41, 5.74) is 3.35. The van der Waals surface area contributed by atoms with Gasteiger partial charge in [-0.1, -0.05) is 6.07 Å². The van der Waals surface area contributed by atoms with Crippen molar-refractivity contribution in [2.75, 3.05) is 25.5 Å². The summed E-state index contributed by atoms with van der Waals surface area (Å²) >= 11 is 0. The fraction of sp³-hybridized carbons (Fsp3) is 0.300. The molecule has 1 atom stereocenters. The number of piperidine rings is 1. The summed E-state index contributed by atoms with van der Waals surface area (Å²) < 4.78 is 5.64. The molecule has 1 unspecified atom stereocenters. The van der Waals surface area contributed by atoms with Gasteiger partial charge in [-0.25, -0.2) is 9.97 Å². The number of aromatic nitrogens is 4. The molecule has 4 rings (SSSR count). The quantitative estimate of drug-likeness (QED) is 0.590. The van der Waals surface area contributed by atoms with Crippen molar-refractivity contribution in [3.8, 4) is 23.1 Å². The standard InChI is InChI=1S/C20H21N7O.ClH/c1-28-18-7-13(14-3-2-6-22-10-14)4-5-16(18)17-8-19(27-26-17)25-20-12-23-15(9-21)11-24-20;/h4-5,7-8,11-12,14,22H,2-3,6,10H2,1H3,(H2,24,25,26,27);1H. The summed E-state index contributed by atoms with van der Waals surface area (Å²) in [5, 5.41) is 22.6. The lowest BCUT2D eigenvalue weighted by Gasteiger charge is -2.23. The van der Waals surface area contributed by atoms with E-state index in [2.05, 4.69) is 49.0 Å². The Morgan fingerprint density at radius 2 is 2.10 bits per heavy atom. The Kier molecular flexibility index (Phi) is 6.65. The summed E-state index contributed by atoms with van der Waals surface area (Å²) in [6.45, 7) is 2.10. The number of halogens is 1. The first-order chi connectivity index (χ1) is 13.8. The number of anilines is 2. The molecule has 9 heteroatoms. The normalized spacial score (nSPS) is 15.8. The van der Waals surface area contributed by atoms with Crippen LogP contribution in [0.1, 0.15) is 30.0 Å². The van der Waals surface area contributed by atoms with Gasteiger partial charge in [-0.15, -0.1) is 12.4 Å². The molecule has 8 nitrogen and oxygen atoms in total. The molecule has 3 N–H and O–H groups in total. The van der Waals surface area contributed by atoms with Crippen LogP contribution in [-0.4, -0.2) is 40.4 Å². The van der Waals surface area contributed by atoms with Gasteiger partial charge >= 0.3 is 0 Å². The number of rotatable bonds is 5. The Morgan fingerprint density at radius 1 is 1.21 bits per heavy atom. The third-order valence-corrected chi connectivity index (χ3v) is 4.88. The van der Waals surface area contributed by atoms with Gasteiger partial charge in [0.1, 0.15) is 17.6 Å². The number of nitrogens with one attached hydrogen (secondary N) is 3. The molecule has 2 aromatic heterocycles. The molecule has 1 aliphatic heterocycles. The monoisotopic (exact) mass is 411 g/mol. The first kappa shape index (κ1) is 20.6. The van der Waals surface area contributed by atoms with Crippen molar-refractivity contribution in [1.82, 2.24) is 25.5 Å². The van der Waals surface area contributed by atoms with Crippen molar-refractivity contribution in [2.45, 2.75) is 18.8 Å². The van der Waals surface area contributed by atoms with Crippen LogP contribution < -0.4 is 15.4 Å². The van der Waals surface area contributed by atoms with Gasteiger partial charge in [0.05, 0.1) is 25.2 Å². The molecular formula is C20H22ClN7O. The zero-order valence-corrected chi connectivity index (χ0v) is 16.8. The van der Waals surface area contributed by atoms with E-state index in [1.807, 2.05) is 12.1 Å². The number of hydrogen-bond donors (Lipinski definition) is 3. The fourth-order valence-electron chi connectivity index (χ4n) is 3.43. The van der Waals surface area contributed by atoms with Crippen LogP contribution in [0.3, 0.4) is 0 Å². The molecule has 150 valence electrons. The Morgan fingerprint density at radius 3 is 2.79 bits per heavy atom. The molecule has 1 aromatic carbocycles. The van der Waals surface area contributed by atoms with E-state index in [0.29, 0.717) is 17.6 Å². The highest BCUT2D eigenvalue weighted by Crippen LogP contribution is 2.34. The Balaban J connectivity index is 0.00000240. The molecule has 0 amide bonds. The van der Waals surface area contributed by atoms with Crippen LogP contribution in [0.2, 0.25) is 0 Å². The van der Waals surface area contributed by atoms with Gasteiger partial charge in [-0.2, -0.15) is 10.4 Å². The highest BCUT2D eigenvalue weighted by Gasteiger charge is 2.18. The van der Waals surface area contributed by atoms with Crippen molar-refractivity contribution >= 4 is 24.0 Å². The molecule has 0 bridgehead atoms. The van der Waals surface area contributed by atoms with Crippen molar-refractivity contribution in [2.24, 2.45) is 0 Å². The number of hydrogen-bond acceptors (Lipinski definition) is 7. The van der Waals surface area contributed by atoms with Crippen LogP contribution in [0.25, 0.3) is 11.3 Å². The number of H-pyrrole nitrogens is 1. The minimum atomic E-state index is 0. The van der Waals surface area contributed by atoms with Crippen LogP contribution >= 0.6 is 12.4 Å². The Hall–Kier alpha value is -3.15. The highest BCUT2D eigenvalue weighted by molar-refractivity contribution is 5.85. The van der Waals surface area contributed by atoms with E-state index >= 15 is 0 Å². The van der Waals surface area contributed by atoms with E-state index in [1.54, 1.807) is 7.11 Å². The molecule has 0 spiro atoms. The summed E-state index contributed by atoms with van der Waals surface area (Å²) in [7, 11) is 1.68. The van der Waals surface area contributed by atoms with Crippen LogP contribution in [0.5, 0.6) is 5.75 Å². The summed E-state index contributed by atoms with van der Waals surface area (Å²) in [5.74, 6) is 2.46. The summed E-state index contributed by atoms with van der Waals surface area (Å²) in [6, 6.07) is 10.2. The molecule has 3 heterocycles. The SMILES string of the molecule is COc1cc(C2CCCNC2)ccc1-c1cc(Nc2cnc(C#N)cn2)n[nH]1.Cl.